The second-order valence-electron chi connectivity index (χ2n) is 10.2. The molecule has 7 heteroatoms. The molecule has 32 heavy (non-hydrogen) atoms. The highest BCUT2D eigenvalue weighted by Crippen LogP contribution is 2.67. The van der Waals surface area contributed by atoms with Gasteiger partial charge in [-0.3, -0.25) is 14.4 Å². The quantitative estimate of drug-likeness (QED) is 0.608. The average molecular weight is 463 g/mol. The van der Waals surface area contributed by atoms with Crippen molar-refractivity contribution in [3.05, 3.63) is 34.9 Å². The van der Waals surface area contributed by atoms with Gasteiger partial charge in [-0.1, -0.05) is 44.5 Å². The van der Waals surface area contributed by atoms with Crippen LogP contribution in [0, 0.1) is 28.6 Å². The summed E-state index contributed by atoms with van der Waals surface area (Å²) < 4.78 is 5.88. The van der Waals surface area contributed by atoms with E-state index in [4.69, 9.17) is 16.3 Å². The lowest BCUT2D eigenvalue weighted by molar-refractivity contribution is -0.196. The van der Waals surface area contributed by atoms with Crippen molar-refractivity contribution in [1.82, 2.24) is 0 Å². The van der Waals surface area contributed by atoms with Crippen LogP contribution in [-0.4, -0.2) is 46.1 Å². The summed E-state index contributed by atoms with van der Waals surface area (Å²) in [6.45, 7) is 5.02. The molecule has 0 aliphatic heterocycles. The topological polar surface area (TPSA) is 101 Å². The van der Waals surface area contributed by atoms with Crippen LogP contribution < -0.4 is 0 Å². The van der Waals surface area contributed by atoms with E-state index in [-0.39, 0.29) is 36.4 Å². The van der Waals surface area contributed by atoms with E-state index in [1.54, 1.807) is 0 Å². The van der Waals surface area contributed by atoms with Gasteiger partial charge in [0.2, 0.25) is 5.78 Å². The second kappa shape index (κ2) is 7.93. The van der Waals surface area contributed by atoms with Gasteiger partial charge in [0.15, 0.2) is 11.4 Å². The maximum atomic E-state index is 13.1. The van der Waals surface area contributed by atoms with Gasteiger partial charge in [-0.15, -0.1) is 0 Å². The minimum atomic E-state index is -1.47. The van der Waals surface area contributed by atoms with Crippen LogP contribution in [0.25, 0.3) is 0 Å². The standard InChI is InChI=1S/C25H31ClO6/c1-4-5-21(31)32-25(20(30)13-27)9-7-16-15-11-18(26)17-10-14(28)6-8-23(17,2)22(15)19(29)12-24(16,25)3/h6,8,10-11,15-16,19,22,27,29H,4-5,7,9,12-13H2,1-3H3/t15-,16-,19?,22+,23-,24-,25-/m0/s1. The summed E-state index contributed by atoms with van der Waals surface area (Å²) in [7, 11) is 0. The number of Topliss-reactive ketones (excluding diaryl/α,β-unsaturated/α-hetero) is 1. The number of halogens is 1. The van der Waals surface area contributed by atoms with E-state index < -0.39 is 40.9 Å². The van der Waals surface area contributed by atoms with Crippen LogP contribution in [0.15, 0.2) is 34.9 Å². The van der Waals surface area contributed by atoms with Crippen LogP contribution in [0.4, 0.5) is 0 Å². The summed E-state index contributed by atoms with van der Waals surface area (Å²) in [6, 6.07) is 0. The lowest BCUT2D eigenvalue weighted by atomic mass is 9.47. The van der Waals surface area contributed by atoms with Crippen molar-refractivity contribution < 1.29 is 29.3 Å². The molecular weight excluding hydrogens is 432 g/mol. The molecule has 6 nitrogen and oxygen atoms in total. The van der Waals surface area contributed by atoms with E-state index in [0.717, 1.165) is 0 Å². The molecule has 2 saturated carbocycles. The van der Waals surface area contributed by atoms with Crippen molar-refractivity contribution in [3.8, 4) is 0 Å². The molecule has 0 radical (unpaired) electrons. The van der Waals surface area contributed by atoms with Crippen molar-refractivity contribution in [2.45, 2.75) is 64.6 Å². The number of rotatable bonds is 5. The van der Waals surface area contributed by atoms with Crippen LogP contribution in [0.1, 0.15) is 52.9 Å². The highest BCUT2D eigenvalue weighted by molar-refractivity contribution is 6.32. The molecule has 174 valence electrons. The highest BCUT2D eigenvalue weighted by atomic mass is 35.5. The van der Waals surface area contributed by atoms with Gasteiger partial charge in [-0.2, -0.15) is 0 Å². The molecular formula is C25H31ClO6. The SMILES string of the molecule is CCCC(=O)O[C@]1(C(=O)CO)CC[C@H]2[C@@H]3C=C(Cl)C4=CC(=O)C=C[C@]4(C)[C@H]3C(O)C[C@@]21C. The van der Waals surface area contributed by atoms with Crippen molar-refractivity contribution >= 4 is 29.1 Å². The first-order valence-corrected chi connectivity index (χ1v) is 11.8. The largest absolute Gasteiger partial charge is 0.450 e. The highest BCUT2D eigenvalue weighted by Gasteiger charge is 2.70. The van der Waals surface area contributed by atoms with Gasteiger partial charge in [0.1, 0.15) is 6.61 Å². The van der Waals surface area contributed by atoms with E-state index in [1.807, 2.05) is 32.9 Å². The van der Waals surface area contributed by atoms with Crippen LogP contribution in [0.3, 0.4) is 0 Å². The first-order chi connectivity index (χ1) is 15.0. The third-order valence-electron chi connectivity index (χ3n) is 8.56. The molecule has 2 N–H and O–H groups in total. The number of carbonyl (C=O) groups is 3. The summed E-state index contributed by atoms with van der Waals surface area (Å²) >= 11 is 6.67. The van der Waals surface area contributed by atoms with Crippen molar-refractivity contribution in [1.29, 1.82) is 0 Å². The lowest BCUT2D eigenvalue weighted by Crippen LogP contribution is -2.62. The molecule has 0 bridgehead atoms. The predicted octanol–water partition coefficient (Wildman–Crippen LogP) is 3.25. The molecule has 0 aromatic rings. The molecule has 4 rings (SSSR count). The maximum absolute atomic E-state index is 13.1. The number of fused-ring (bicyclic) bond motifs is 5. The zero-order chi connectivity index (χ0) is 23.5. The smallest absolute Gasteiger partial charge is 0.306 e. The van der Waals surface area contributed by atoms with E-state index in [1.165, 1.54) is 12.2 Å². The van der Waals surface area contributed by atoms with Gasteiger partial charge >= 0.3 is 5.97 Å². The van der Waals surface area contributed by atoms with E-state index in [9.17, 15) is 24.6 Å². The monoisotopic (exact) mass is 462 g/mol. The number of ether oxygens (including phenoxy) is 1. The summed E-state index contributed by atoms with van der Waals surface area (Å²) in [4.78, 5) is 37.6. The molecule has 0 aromatic heterocycles. The number of ketones is 2. The Morgan fingerprint density at radius 3 is 2.69 bits per heavy atom. The summed E-state index contributed by atoms with van der Waals surface area (Å²) in [5.74, 6) is -1.60. The molecule has 4 aliphatic rings. The fourth-order valence-corrected chi connectivity index (χ4v) is 7.51. The third-order valence-corrected chi connectivity index (χ3v) is 8.89. The molecule has 7 atom stereocenters. The fraction of sp³-hybridized carbons (Fsp3) is 0.640. The Morgan fingerprint density at radius 2 is 2.03 bits per heavy atom. The van der Waals surface area contributed by atoms with E-state index in [2.05, 4.69) is 0 Å². The van der Waals surface area contributed by atoms with E-state index in [0.29, 0.717) is 29.9 Å². The first-order valence-electron chi connectivity index (χ1n) is 11.4. The normalized spacial score (nSPS) is 42.4. The Bertz CT molecular complexity index is 950. The van der Waals surface area contributed by atoms with Crippen molar-refractivity contribution in [2.75, 3.05) is 6.61 Å². The summed E-state index contributed by atoms with van der Waals surface area (Å²) in [6.07, 6.45) is 7.93. The fourth-order valence-electron chi connectivity index (χ4n) is 7.11. The number of aliphatic hydroxyl groups is 2. The molecule has 0 aromatic carbocycles. The molecule has 0 saturated heterocycles. The summed E-state index contributed by atoms with van der Waals surface area (Å²) in [5, 5.41) is 21.7. The van der Waals surface area contributed by atoms with Crippen LogP contribution in [0.5, 0.6) is 0 Å². The van der Waals surface area contributed by atoms with Gasteiger partial charge in [0.25, 0.3) is 0 Å². The number of carbonyl (C=O) groups excluding carboxylic acids is 3. The number of hydrogen-bond donors (Lipinski definition) is 2. The first kappa shape index (κ1) is 23.4. The zero-order valence-electron chi connectivity index (χ0n) is 18.8. The van der Waals surface area contributed by atoms with E-state index >= 15 is 0 Å². The number of hydrogen-bond acceptors (Lipinski definition) is 6. The predicted molar refractivity (Wildman–Crippen MR) is 119 cm³/mol. The summed E-state index contributed by atoms with van der Waals surface area (Å²) in [5.41, 5.74) is -2.23. The number of aliphatic hydroxyl groups excluding tert-OH is 2. The molecule has 2 fully saturated rings. The minimum Gasteiger partial charge on any atom is -0.450 e. The molecule has 0 amide bonds. The molecule has 4 aliphatic carbocycles. The number of allylic oxidation sites excluding steroid dienone is 6. The van der Waals surface area contributed by atoms with Crippen LogP contribution in [-0.2, 0) is 19.1 Å². The zero-order valence-corrected chi connectivity index (χ0v) is 19.5. The van der Waals surface area contributed by atoms with Gasteiger partial charge in [-0.25, -0.2) is 0 Å². The van der Waals surface area contributed by atoms with Crippen molar-refractivity contribution in [3.63, 3.8) is 0 Å². The lowest BCUT2D eigenvalue weighted by Gasteiger charge is -2.58. The Labute approximate surface area is 193 Å². The Hall–Kier alpha value is -1.76. The van der Waals surface area contributed by atoms with Crippen LogP contribution in [0.2, 0.25) is 0 Å². The Morgan fingerprint density at radius 1 is 1.31 bits per heavy atom. The third kappa shape index (κ3) is 3.10. The Balaban J connectivity index is 1.81. The van der Waals surface area contributed by atoms with Crippen LogP contribution >= 0.6 is 11.6 Å². The van der Waals surface area contributed by atoms with Gasteiger partial charge in [0.05, 0.1) is 6.10 Å². The molecule has 0 heterocycles. The molecule has 1 unspecified atom stereocenters. The Kier molecular flexibility index (Phi) is 5.80. The van der Waals surface area contributed by atoms with Gasteiger partial charge in [0, 0.05) is 28.2 Å². The van der Waals surface area contributed by atoms with Crippen molar-refractivity contribution in [2.24, 2.45) is 28.6 Å². The molecule has 0 spiro atoms. The van der Waals surface area contributed by atoms with Gasteiger partial charge < -0.3 is 14.9 Å². The van der Waals surface area contributed by atoms with Gasteiger partial charge in [-0.05, 0) is 55.2 Å². The maximum Gasteiger partial charge on any atom is 0.306 e. The number of esters is 1. The minimum absolute atomic E-state index is 0.0843. The second-order valence-corrected chi connectivity index (χ2v) is 10.6. The average Bonchev–Trinajstić information content (AvgIpc) is 3.01.